The van der Waals surface area contributed by atoms with Crippen molar-refractivity contribution in [3.05, 3.63) is 35.8 Å². The molecule has 0 aromatic carbocycles. The molecule has 7 nitrogen and oxygen atoms in total. The Kier molecular flexibility index (Phi) is 5.23. The van der Waals surface area contributed by atoms with Crippen LogP contribution in [0, 0.1) is 0 Å². The van der Waals surface area contributed by atoms with E-state index in [1.54, 1.807) is 24.2 Å². The minimum absolute atomic E-state index is 0.0469. The number of nitrogens with one attached hydrogen (secondary N) is 1. The van der Waals surface area contributed by atoms with Gasteiger partial charge in [-0.3, -0.25) is 9.78 Å². The van der Waals surface area contributed by atoms with Crippen LogP contribution in [0.2, 0.25) is 0 Å². The highest BCUT2D eigenvalue weighted by atomic mass is 16.3. The van der Waals surface area contributed by atoms with Crippen molar-refractivity contribution in [3.63, 3.8) is 0 Å². The number of aliphatic hydroxyl groups excluding tert-OH is 1. The molecule has 3 rings (SSSR count). The highest BCUT2D eigenvalue weighted by Gasteiger charge is 2.24. The van der Waals surface area contributed by atoms with Gasteiger partial charge in [0.2, 0.25) is 5.91 Å². The topological polar surface area (TPSA) is 91.2 Å². The predicted octanol–water partition coefficient (Wildman–Crippen LogP) is 1.63. The van der Waals surface area contributed by atoms with Gasteiger partial charge in [0, 0.05) is 43.5 Å². The Balaban J connectivity index is 1.98. The fourth-order valence-electron chi connectivity index (χ4n) is 2.83. The SMILES string of the molecule is CCC(O)CNc1nc(-c2ccncc2)nc2c1CCN(C(C)=O)C2. The predicted molar refractivity (Wildman–Crippen MR) is 94.8 cm³/mol. The summed E-state index contributed by atoms with van der Waals surface area (Å²) < 4.78 is 0. The highest BCUT2D eigenvalue weighted by molar-refractivity contribution is 5.74. The lowest BCUT2D eigenvalue weighted by Crippen LogP contribution is -2.35. The number of hydrogen-bond acceptors (Lipinski definition) is 6. The number of aromatic nitrogens is 3. The second kappa shape index (κ2) is 7.57. The first-order valence-electron chi connectivity index (χ1n) is 8.56. The molecule has 0 radical (unpaired) electrons. The summed E-state index contributed by atoms with van der Waals surface area (Å²) in [6.07, 6.45) is 4.36. The van der Waals surface area contributed by atoms with Gasteiger partial charge in [-0.25, -0.2) is 9.97 Å². The Morgan fingerprint density at radius 1 is 1.36 bits per heavy atom. The normalized spacial score (nSPS) is 14.8. The molecule has 7 heteroatoms. The second-order valence-corrected chi connectivity index (χ2v) is 6.19. The fourth-order valence-corrected chi connectivity index (χ4v) is 2.83. The van der Waals surface area contributed by atoms with Crippen LogP contribution in [-0.4, -0.2) is 50.1 Å². The molecule has 1 aliphatic rings. The third kappa shape index (κ3) is 3.93. The molecule has 3 heterocycles. The van der Waals surface area contributed by atoms with Crippen molar-refractivity contribution in [3.8, 4) is 11.4 Å². The Labute approximate surface area is 147 Å². The molecule has 0 aliphatic carbocycles. The number of aliphatic hydroxyl groups is 1. The third-order valence-corrected chi connectivity index (χ3v) is 4.43. The van der Waals surface area contributed by atoms with E-state index in [9.17, 15) is 9.90 Å². The smallest absolute Gasteiger partial charge is 0.219 e. The van der Waals surface area contributed by atoms with Crippen molar-refractivity contribution < 1.29 is 9.90 Å². The molecule has 1 aliphatic heterocycles. The lowest BCUT2D eigenvalue weighted by atomic mass is 10.0. The van der Waals surface area contributed by atoms with Crippen molar-refractivity contribution in [1.29, 1.82) is 0 Å². The molecule has 1 amide bonds. The fraction of sp³-hybridized carbons (Fsp3) is 0.444. The van der Waals surface area contributed by atoms with Crippen LogP contribution in [-0.2, 0) is 17.8 Å². The summed E-state index contributed by atoms with van der Waals surface area (Å²) in [5.41, 5.74) is 2.76. The maximum absolute atomic E-state index is 11.7. The Hall–Kier alpha value is -2.54. The van der Waals surface area contributed by atoms with Crippen LogP contribution < -0.4 is 5.32 Å². The van der Waals surface area contributed by atoms with E-state index in [0.29, 0.717) is 38.3 Å². The lowest BCUT2D eigenvalue weighted by Gasteiger charge is -2.29. The van der Waals surface area contributed by atoms with Crippen LogP contribution in [0.3, 0.4) is 0 Å². The zero-order valence-electron chi connectivity index (χ0n) is 14.6. The zero-order chi connectivity index (χ0) is 17.8. The van der Waals surface area contributed by atoms with Gasteiger partial charge in [-0.2, -0.15) is 0 Å². The number of amides is 1. The highest BCUT2D eigenvalue weighted by Crippen LogP contribution is 2.27. The van der Waals surface area contributed by atoms with Crippen molar-refractivity contribution in [2.75, 3.05) is 18.4 Å². The van der Waals surface area contributed by atoms with Crippen molar-refractivity contribution in [1.82, 2.24) is 19.9 Å². The van der Waals surface area contributed by atoms with Crippen LogP contribution in [0.1, 0.15) is 31.5 Å². The number of anilines is 1. The van der Waals surface area contributed by atoms with Gasteiger partial charge >= 0.3 is 0 Å². The summed E-state index contributed by atoms with van der Waals surface area (Å²) in [6, 6.07) is 3.72. The molecule has 0 fully saturated rings. The number of pyridine rings is 1. The van der Waals surface area contributed by atoms with E-state index in [2.05, 4.69) is 20.3 Å². The number of rotatable bonds is 5. The van der Waals surface area contributed by atoms with Gasteiger partial charge in [0.15, 0.2) is 5.82 Å². The minimum Gasteiger partial charge on any atom is -0.391 e. The summed E-state index contributed by atoms with van der Waals surface area (Å²) in [7, 11) is 0. The van der Waals surface area contributed by atoms with Gasteiger partial charge in [0.05, 0.1) is 18.3 Å². The molecule has 2 aromatic rings. The van der Waals surface area contributed by atoms with Crippen LogP contribution in [0.4, 0.5) is 5.82 Å². The molecule has 132 valence electrons. The van der Waals surface area contributed by atoms with Crippen LogP contribution in [0.5, 0.6) is 0 Å². The first-order chi connectivity index (χ1) is 12.1. The second-order valence-electron chi connectivity index (χ2n) is 6.19. The molecule has 0 saturated heterocycles. The molecular weight excluding hydrogens is 318 g/mol. The molecule has 25 heavy (non-hydrogen) atoms. The average molecular weight is 341 g/mol. The van der Waals surface area contributed by atoms with E-state index in [1.807, 2.05) is 19.1 Å². The average Bonchev–Trinajstić information content (AvgIpc) is 2.65. The summed E-state index contributed by atoms with van der Waals surface area (Å²) in [4.78, 5) is 26.9. The molecule has 2 aromatic heterocycles. The molecular formula is C18H23N5O2. The molecule has 1 unspecified atom stereocenters. The maximum atomic E-state index is 11.7. The van der Waals surface area contributed by atoms with Gasteiger partial charge in [-0.1, -0.05) is 6.92 Å². The largest absolute Gasteiger partial charge is 0.391 e. The molecule has 2 N–H and O–H groups in total. The van der Waals surface area contributed by atoms with E-state index < -0.39 is 6.10 Å². The maximum Gasteiger partial charge on any atom is 0.219 e. The van der Waals surface area contributed by atoms with E-state index in [-0.39, 0.29) is 5.91 Å². The molecule has 0 spiro atoms. The Morgan fingerprint density at radius 2 is 2.12 bits per heavy atom. The lowest BCUT2D eigenvalue weighted by molar-refractivity contribution is -0.129. The van der Waals surface area contributed by atoms with Gasteiger partial charge in [0.25, 0.3) is 0 Å². The summed E-state index contributed by atoms with van der Waals surface area (Å²) in [6.45, 7) is 5.09. The van der Waals surface area contributed by atoms with Crippen LogP contribution in [0.25, 0.3) is 11.4 Å². The number of carbonyl (C=O) groups is 1. The standard InChI is InChI=1S/C18H23N5O2/c1-3-14(25)10-20-18-15-6-9-23(12(2)24)11-16(15)21-17(22-18)13-4-7-19-8-5-13/h4-5,7-8,14,25H,3,6,9-11H2,1-2H3,(H,20,21,22). The quantitative estimate of drug-likeness (QED) is 0.859. The van der Waals surface area contributed by atoms with Gasteiger partial charge in [0.1, 0.15) is 5.82 Å². The molecule has 0 bridgehead atoms. The van der Waals surface area contributed by atoms with Crippen LogP contribution in [0.15, 0.2) is 24.5 Å². The zero-order valence-corrected chi connectivity index (χ0v) is 14.6. The third-order valence-electron chi connectivity index (χ3n) is 4.43. The van der Waals surface area contributed by atoms with Gasteiger partial charge < -0.3 is 15.3 Å². The van der Waals surface area contributed by atoms with Crippen molar-refractivity contribution >= 4 is 11.7 Å². The van der Waals surface area contributed by atoms with E-state index in [4.69, 9.17) is 0 Å². The molecule has 1 atom stereocenters. The monoisotopic (exact) mass is 341 g/mol. The summed E-state index contributed by atoms with van der Waals surface area (Å²) in [5, 5.41) is 13.1. The molecule has 0 saturated carbocycles. The van der Waals surface area contributed by atoms with E-state index in [0.717, 1.165) is 22.6 Å². The minimum atomic E-state index is -0.424. The first-order valence-corrected chi connectivity index (χ1v) is 8.56. The van der Waals surface area contributed by atoms with E-state index in [1.165, 1.54) is 0 Å². The summed E-state index contributed by atoms with van der Waals surface area (Å²) >= 11 is 0. The first kappa shape index (κ1) is 17.3. The van der Waals surface area contributed by atoms with E-state index >= 15 is 0 Å². The number of fused-ring (bicyclic) bond motifs is 1. The van der Waals surface area contributed by atoms with Gasteiger partial charge in [-0.15, -0.1) is 0 Å². The summed E-state index contributed by atoms with van der Waals surface area (Å²) in [5.74, 6) is 1.39. The Morgan fingerprint density at radius 3 is 2.80 bits per heavy atom. The van der Waals surface area contributed by atoms with Crippen molar-refractivity contribution in [2.24, 2.45) is 0 Å². The van der Waals surface area contributed by atoms with Crippen molar-refractivity contribution in [2.45, 2.75) is 39.3 Å². The number of carbonyl (C=O) groups excluding carboxylic acids is 1. The van der Waals surface area contributed by atoms with Crippen LogP contribution >= 0.6 is 0 Å². The number of hydrogen-bond donors (Lipinski definition) is 2. The Bertz CT molecular complexity index is 751. The van der Waals surface area contributed by atoms with Gasteiger partial charge in [-0.05, 0) is 25.0 Å². The number of nitrogens with zero attached hydrogens (tertiary/aromatic N) is 4.